The second kappa shape index (κ2) is 7.04. The molecule has 0 bridgehead atoms. The molecule has 110 valence electrons. The minimum atomic E-state index is -0.463. The number of benzene rings is 1. The molecule has 0 saturated carbocycles. The number of hydrogen-bond donors (Lipinski definition) is 2. The van der Waals surface area contributed by atoms with E-state index in [1.807, 2.05) is 0 Å². The van der Waals surface area contributed by atoms with Crippen LogP contribution < -0.4 is 10.6 Å². The number of hydrogen-bond acceptors (Lipinski definition) is 2. The van der Waals surface area contributed by atoms with Gasteiger partial charge < -0.3 is 10.6 Å². The Morgan fingerprint density at radius 2 is 2.40 bits per heavy atom. The number of piperidine rings is 1. The Morgan fingerprint density at radius 1 is 1.60 bits per heavy atom. The summed E-state index contributed by atoms with van der Waals surface area (Å²) in [6.45, 7) is 4.09. The summed E-state index contributed by atoms with van der Waals surface area (Å²) in [5, 5.41) is 6.36. The summed E-state index contributed by atoms with van der Waals surface area (Å²) in [4.78, 5) is 12.0. The molecular formula is C15H20ClFN2O. The van der Waals surface area contributed by atoms with Crippen molar-refractivity contribution in [2.45, 2.75) is 26.2 Å². The molecule has 0 spiro atoms. The van der Waals surface area contributed by atoms with Gasteiger partial charge in [0.2, 0.25) is 5.91 Å². The monoisotopic (exact) mass is 298 g/mol. The molecule has 2 unspecified atom stereocenters. The number of carbonyl (C=O) groups excluding carboxylic acids is 1. The van der Waals surface area contributed by atoms with Crippen LogP contribution in [0.5, 0.6) is 0 Å². The largest absolute Gasteiger partial charge is 0.324 e. The first-order valence-corrected chi connectivity index (χ1v) is 7.39. The Balaban J connectivity index is 1.89. The van der Waals surface area contributed by atoms with Gasteiger partial charge in [-0.1, -0.05) is 18.5 Å². The topological polar surface area (TPSA) is 41.1 Å². The van der Waals surface area contributed by atoms with E-state index in [0.717, 1.165) is 25.9 Å². The van der Waals surface area contributed by atoms with E-state index in [0.29, 0.717) is 17.4 Å². The van der Waals surface area contributed by atoms with Crippen LogP contribution in [0.3, 0.4) is 0 Å². The normalized spacial score (nSPS) is 20.4. The second-order valence-corrected chi connectivity index (χ2v) is 5.90. The first-order chi connectivity index (χ1) is 9.56. The Bertz CT molecular complexity index is 475. The molecule has 2 N–H and O–H groups in total. The van der Waals surface area contributed by atoms with Gasteiger partial charge in [0.05, 0.1) is 5.69 Å². The van der Waals surface area contributed by atoms with Crippen molar-refractivity contribution in [2.24, 2.45) is 11.8 Å². The zero-order valence-corrected chi connectivity index (χ0v) is 12.3. The van der Waals surface area contributed by atoms with Crippen LogP contribution in [0, 0.1) is 17.7 Å². The highest BCUT2D eigenvalue weighted by Crippen LogP contribution is 2.24. The predicted octanol–water partition coefficient (Wildman–Crippen LogP) is 3.44. The summed E-state index contributed by atoms with van der Waals surface area (Å²) in [5.41, 5.74) is 0.150. The third-order valence-corrected chi connectivity index (χ3v) is 4.08. The molecule has 1 amide bonds. The summed E-state index contributed by atoms with van der Waals surface area (Å²) >= 11 is 5.80. The summed E-state index contributed by atoms with van der Waals surface area (Å²) in [5.74, 6) is 0.169. The summed E-state index contributed by atoms with van der Waals surface area (Å²) in [6.07, 6.45) is 2.70. The minimum absolute atomic E-state index is 0.150. The zero-order chi connectivity index (χ0) is 14.5. The van der Waals surface area contributed by atoms with Gasteiger partial charge in [0.25, 0.3) is 0 Å². The van der Waals surface area contributed by atoms with E-state index in [1.54, 1.807) is 0 Å². The van der Waals surface area contributed by atoms with Crippen molar-refractivity contribution < 1.29 is 9.18 Å². The molecule has 3 nitrogen and oxygen atoms in total. The first-order valence-electron chi connectivity index (χ1n) is 7.02. The first kappa shape index (κ1) is 15.3. The number of amides is 1. The average molecular weight is 299 g/mol. The zero-order valence-electron chi connectivity index (χ0n) is 11.6. The Hall–Kier alpha value is -1.13. The molecule has 1 fully saturated rings. The van der Waals surface area contributed by atoms with Gasteiger partial charge in [-0.15, -0.1) is 0 Å². The molecule has 1 saturated heterocycles. The van der Waals surface area contributed by atoms with E-state index >= 15 is 0 Å². The van der Waals surface area contributed by atoms with E-state index < -0.39 is 5.82 Å². The van der Waals surface area contributed by atoms with Crippen molar-refractivity contribution in [3.63, 3.8) is 0 Å². The van der Waals surface area contributed by atoms with Gasteiger partial charge in [0, 0.05) is 11.4 Å². The van der Waals surface area contributed by atoms with Crippen LogP contribution in [0.25, 0.3) is 0 Å². The number of anilines is 1. The van der Waals surface area contributed by atoms with Crippen molar-refractivity contribution in [1.82, 2.24) is 5.32 Å². The molecule has 2 atom stereocenters. The number of rotatable bonds is 4. The Labute approximate surface area is 123 Å². The third kappa shape index (κ3) is 4.18. The van der Waals surface area contributed by atoms with E-state index in [4.69, 9.17) is 11.6 Å². The lowest BCUT2D eigenvalue weighted by molar-refractivity contribution is -0.117. The van der Waals surface area contributed by atoms with Gasteiger partial charge in [-0.05, 0) is 56.0 Å². The third-order valence-electron chi connectivity index (χ3n) is 3.85. The molecule has 0 aromatic heterocycles. The molecule has 1 aromatic carbocycles. The van der Waals surface area contributed by atoms with Crippen LogP contribution in [0.15, 0.2) is 18.2 Å². The van der Waals surface area contributed by atoms with Crippen LogP contribution in [0.2, 0.25) is 5.02 Å². The highest BCUT2D eigenvalue weighted by Gasteiger charge is 2.22. The maximum Gasteiger partial charge on any atom is 0.224 e. The molecule has 1 heterocycles. The highest BCUT2D eigenvalue weighted by molar-refractivity contribution is 6.30. The van der Waals surface area contributed by atoms with Crippen LogP contribution in [-0.2, 0) is 4.79 Å². The van der Waals surface area contributed by atoms with E-state index in [9.17, 15) is 9.18 Å². The number of halogens is 2. The van der Waals surface area contributed by atoms with Gasteiger partial charge >= 0.3 is 0 Å². The van der Waals surface area contributed by atoms with Crippen molar-refractivity contribution in [1.29, 1.82) is 0 Å². The van der Waals surface area contributed by atoms with Crippen molar-refractivity contribution >= 4 is 23.2 Å². The van der Waals surface area contributed by atoms with E-state index in [1.165, 1.54) is 18.2 Å². The molecule has 1 aliphatic heterocycles. The standard InChI is InChI=1S/C15H20ClFN2O/c1-10(11-3-2-6-18-9-11)7-15(20)19-14-8-12(16)4-5-13(14)17/h4-5,8,10-11,18H,2-3,6-7,9H2,1H3,(H,19,20). The van der Waals surface area contributed by atoms with Crippen LogP contribution in [0.4, 0.5) is 10.1 Å². The van der Waals surface area contributed by atoms with Gasteiger partial charge in [-0.3, -0.25) is 4.79 Å². The molecule has 1 aliphatic rings. The summed E-state index contributed by atoms with van der Waals surface area (Å²) in [6, 6.07) is 4.15. The Kier molecular flexibility index (Phi) is 5.38. The maximum absolute atomic E-state index is 13.5. The van der Waals surface area contributed by atoms with Crippen LogP contribution >= 0.6 is 11.6 Å². The van der Waals surface area contributed by atoms with Gasteiger partial charge in [0.15, 0.2) is 0 Å². The van der Waals surface area contributed by atoms with Crippen molar-refractivity contribution in [3.8, 4) is 0 Å². The smallest absolute Gasteiger partial charge is 0.224 e. The minimum Gasteiger partial charge on any atom is -0.324 e. The molecular weight excluding hydrogens is 279 g/mol. The molecule has 2 rings (SSSR count). The van der Waals surface area contributed by atoms with Gasteiger partial charge in [-0.25, -0.2) is 4.39 Å². The van der Waals surface area contributed by atoms with Crippen LogP contribution in [-0.4, -0.2) is 19.0 Å². The fourth-order valence-electron chi connectivity index (χ4n) is 2.62. The fraction of sp³-hybridized carbons (Fsp3) is 0.533. The van der Waals surface area contributed by atoms with Gasteiger partial charge in [-0.2, -0.15) is 0 Å². The SMILES string of the molecule is CC(CC(=O)Nc1cc(Cl)ccc1F)C1CCCNC1. The number of carbonyl (C=O) groups is 1. The summed E-state index contributed by atoms with van der Waals surface area (Å²) < 4.78 is 13.5. The highest BCUT2D eigenvalue weighted by atomic mass is 35.5. The van der Waals surface area contributed by atoms with Gasteiger partial charge in [0.1, 0.15) is 5.82 Å². The lowest BCUT2D eigenvalue weighted by atomic mass is 9.85. The molecule has 20 heavy (non-hydrogen) atoms. The summed E-state index contributed by atoms with van der Waals surface area (Å²) in [7, 11) is 0. The average Bonchev–Trinajstić information content (AvgIpc) is 2.43. The Morgan fingerprint density at radius 3 is 3.10 bits per heavy atom. The number of nitrogens with one attached hydrogen (secondary N) is 2. The predicted molar refractivity (Wildman–Crippen MR) is 79.4 cm³/mol. The fourth-order valence-corrected chi connectivity index (χ4v) is 2.79. The van der Waals surface area contributed by atoms with Crippen molar-refractivity contribution in [3.05, 3.63) is 29.0 Å². The second-order valence-electron chi connectivity index (χ2n) is 5.46. The maximum atomic E-state index is 13.5. The quantitative estimate of drug-likeness (QED) is 0.894. The van der Waals surface area contributed by atoms with Crippen molar-refractivity contribution in [2.75, 3.05) is 18.4 Å². The van der Waals surface area contributed by atoms with E-state index in [-0.39, 0.29) is 17.5 Å². The lowest BCUT2D eigenvalue weighted by Gasteiger charge is -2.28. The van der Waals surface area contributed by atoms with E-state index in [2.05, 4.69) is 17.6 Å². The molecule has 0 aliphatic carbocycles. The molecule has 0 radical (unpaired) electrons. The molecule has 1 aromatic rings. The lowest BCUT2D eigenvalue weighted by Crippen LogP contribution is -2.34. The molecule has 5 heteroatoms. The van der Waals surface area contributed by atoms with Crippen LogP contribution in [0.1, 0.15) is 26.2 Å².